The van der Waals surface area contributed by atoms with Gasteiger partial charge in [-0.1, -0.05) is 38.1 Å². The molecule has 0 saturated carbocycles. The van der Waals surface area contributed by atoms with Crippen molar-refractivity contribution in [1.29, 1.82) is 0 Å². The summed E-state index contributed by atoms with van der Waals surface area (Å²) in [5.74, 6) is 0.539. The highest BCUT2D eigenvalue weighted by Crippen LogP contribution is 2.11. The molecule has 1 heterocycles. The molecular formula is C16H22N4O2S. The molecule has 124 valence electrons. The Labute approximate surface area is 137 Å². The smallest absolute Gasteiger partial charge is 0.243 e. The molecule has 1 aromatic carbocycles. The van der Waals surface area contributed by atoms with E-state index in [-0.39, 0.29) is 5.75 Å². The van der Waals surface area contributed by atoms with E-state index in [0.717, 1.165) is 35.4 Å². The summed E-state index contributed by atoms with van der Waals surface area (Å²) < 4.78 is 22.8. The van der Waals surface area contributed by atoms with Crippen molar-refractivity contribution < 1.29 is 8.42 Å². The highest BCUT2D eigenvalue weighted by atomic mass is 32.2. The van der Waals surface area contributed by atoms with E-state index in [4.69, 9.17) is 0 Å². The molecule has 0 spiro atoms. The van der Waals surface area contributed by atoms with Gasteiger partial charge in [-0.3, -0.25) is 0 Å². The van der Waals surface area contributed by atoms with Crippen LogP contribution in [0.3, 0.4) is 0 Å². The Morgan fingerprint density at radius 1 is 1.04 bits per heavy atom. The van der Waals surface area contributed by atoms with Gasteiger partial charge in [-0.15, -0.1) is 5.10 Å². The number of nitrogens with zero attached hydrogens (tertiary/aromatic N) is 3. The maximum atomic E-state index is 11.4. The summed E-state index contributed by atoms with van der Waals surface area (Å²) in [6.07, 6.45) is 2.87. The van der Waals surface area contributed by atoms with Gasteiger partial charge in [0.05, 0.1) is 17.1 Å². The second-order valence-corrected chi connectivity index (χ2v) is 7.62. The monoisotopic (exact) mass is 334 g/mol. The molecule has 0 unspecified atom stereocenters. The molecule has 1 aromatic heterocycles. The molecule has 7 heteroatoms. The van der Waals surface area contributed by atoms with E-state index in [1.807, 2.05) is 38.1 Å². The van der Waals surface area contributed by atoms with Crippen LogP contribution in [0, 0.1) is 0 Å². The first-order valence-corrected chi connectivity index (χ1v) is 9.69. The van der Waals surface area contributed by atoms with Gasteiger partial charge in [0.1, 0.15) is 0 Å². The quantitative estimate of drug-likeness (QED) is 0.835. The largest absolute Gasteiger partial charge is 0.349 e. The van der Waals surface area contributed by atoms with Crippen molar-refractivity contribution in [3.63, 3.8) is 0 Å². The van der Waals surface area contributed by atoms with E-state index in [1.165, 1.54) is 6.26 Å². The Morgan fingerprint density at radius 2 is 1.74 bits per heavy atom. The van der Waals surface area contributed by atoms with E-state index in [1.54, 1.807) is 0 Å². The van der Waals surface area contributed by atoms with Crippen molar-refractivity contribution in [3.05, 3.63) is 46.8 Å². The standard InChI is InChI=1S/C16H22N4O2S/c1-4-14-15(5-2)19-20-16(18-14)17-10-12-7-6-8-13(9-12)11-23(3,21)22/h6-9H,4-5,10-11H2,1-3H3,(H,17,18,20). The maximum absolute atomic E-state index is 11.4. The molecule has 0 aliphatic rings. The first-order valence-electron chi connectivity index (χ1n) is 7.63. The summed E-state index contributed by atoms with van der Waals surface area (Å²) in [7, 11) is -3.03. The number of sulfone groups is 1. The molecule has 0 radical (unpaired) electrons. The first kappa shape index (κ1) is 17.3. The van der Waals surface area contributed by atoms with Crippen LogP contribution in [0.2, 0.25) is 0 Å². The molecule has 0 bridgehead atoms. The van der Waals surface area contributed by atoms with Crippen molar-refractivity contribution in [1.82, 2.24) is 15.2 Å². The minimum Gasteiger partial charge on any atom is -0.349 e. The fraction of sp³-hybridized carbons (Fsp3) is 0.438. The highest BCUT2D eigenvalue weighted by Gasteiger charge is 2.07. The molecule has 2 rings (SSSR count). The number of hydrogen-bond donors (Lipinski definition) is 1. The lowest BCUT2D eigenvalue weighted by Crippen LogP contribution is -2.09. The minimum absolute atomic E-state index is 0.0457. The Kier molecular flexibility index (Phi) is 5.65. The number of benzene rings is 1. The Morgan fingerprint density at radius 3 is 2.39 bits per heavy atom. The van der Waals surface area contributed by atoms with E-state index in [0.29, 0.717) is 12.5 Å². The fourth-order valence-corrected chi connectivity index (χ4v) is 3.11. The minimum atomic E-state index is -3.03. The molecule has 1 N–H and O–H groups in total. The normalized spacial score (nSPS) is 11.4. The molecule has 2 aromatic rings. The first-order chi connectivity index (χ1) is 10.9. The van der Waals surface area contributed by atoms with Crippen LogP contribution in [0.25, 0.3) is 0 Å². The molecule has 6 nitrogen and oxygen atoms in total. The van der Waals surface area contributed by atoms with Crippen molar-refractivity contribution in [2.24, 2.45) is 0 Å². The van der Waals surface area contributed by atoms with E-state index >= 15 is 0 Å². The molecule has 0 atom stereocenters. The predicted molar refractivity (Wildman–Crippen MR) is 90.9 cm³/mol. The molecule has 0 aliphatic heterocycles. The number of hydrogen-bond acceptors (Lipinski definition) is 6. The van der Waals surface area contributed by atoms with Gasteiger partial charge in [0, 0.05) is 12.8 Å². The van der Waals surface area contributed by atoms with Gasteiger partial charge in [-0.05, 0) is 24.0 Å². The average molecular weight is 334 g/mol. The Hall–Kier alpha value is -2.02. The number of nitrogens with one attached hydrogen (secondary N) is 1. The van der Waals surface area contributed by atoms with Gasteiger partial charge in [0.25, 0.3) is 0 Å². The topological polar surface area (TPSA) is 84.8 Å². The van der Waals surface area contributed by atoms with Crippen molar-refractivity contribution >= 4 is 15.8 Å². The van der Waals surface area contributed by atoms with Crippen LogP contribution in [-0.4, -0.2) is 29.9 Å². The summed E-state index contributed by atoms with van der Waals surface area (Å²) in [4.78, 5) is 4.48. The highest BCUT2D eigenvalue weighted by molar-refractivity contribution is 7.89. The van der Waals surface area contributed by atoms with E-state index in [2.05, 4.69) is 20.5 Å². The van der Waals surface area contributed by atoms with Gasteiger partial charge in [-0.2, -0.15) is 5.10 Å². The zero-order valence-corrected chi connectivity index (χ0v) is 14.5. The molecular weight excluding hydrogens is 312 g/mol. The van der Waals surface area contributed by atoms with Crippen LogP contribution in [-0.2, 0) is 35.0 Å². The van der Waals surface area contributed by atoms with Gasteiger partial charge in [0.15, 0.2) is 9.84 Å². The number of rotatable bonds is 7. The van der Waals surface area contributed by atoms with Gasteiger partial charge >= 0.3 is 0 Å². The lowest BCUT2D eigenvalue weighted by molar-refractivity contribution is 0.601. The van der Waals surface area contributed by atoms with Crippen LogP contribution in [0.15, 0.2) is 24.3 Å². The van der Waals surface area contributed by atoms with Gasteiger partial charge in [-0.25, -0.2) is 13.4 Å². The lowest BCUT2D eigenvalue weighted by Gasteiger charge is -2.09. The van der Waals surface area contributed by atoms with Crippen molar-refractivity contribution in [2.45, 2.75) is 39.0 Å². The SMILES string of the molecule is CCc1nnc(NCc2cccc(CS(C)(=O)=O)c2)nc1CC. The second kappa shape index (κ2) is 7.50. The number of anilines is 1. The molecule has 0 amide bonds. The Bertz CT molecular complexity index is 775. The molecule has 0 fully saturated rings. The van der Waals surface area contributed by atoms with Crippen LogP contribution in [0.1, 0.15) is 36.4 Å². The zero-order chi connectivity index (χ0) is 16.9. The van der Waals surface area contributed by atoms with Gasteiger partial charge < -0.3 is 5.32 Å². The maximum Gasteiger partial charge on any atom is 0.243 e. The molecule has 23 heavy (non-hydrogen) atoms. The van der Waals surface area contributed by atoms with Crippen LogP contribution in [0.4, 0.5) is 5.95 Å². The van der Waals surface area contributed by atoms with Crippen molar-refractivity contribution in [3.8, 4) is 0 Å². The van der Waals surface area contributed by atoms with E-state index in [9.17, 15) is 8.42 Å². The van der Waals surface area contributed by atoms with Gasteiger partial charge in [0.2, 0.25) is 5.95 Å². The fourth-order valence-electron chi connectivity index (χ4n) is 2.33. The van der Waals surface area contributed by atoms with Crippen LogP contribution in [0.5, 0.6) is 0 Å². The van der Waals surface area contributed by atoms with Crippen molar-refractivity contribution in [2.75, 3.05) is 11.6 Å². The summed E-state index contributed by atoms with van der Waals surface area (Å²) in [6, 6.07) is 7.48. The third-order valence-corrected chi connectivity index (χ3v) is 4.24. The number of aryl methyl sites for hydroxylation is 2. The average Bonchev–Trinajstić information content (AvgIpc) is 2.51. The van der Waals surface area contributed by atoms with E-state index < -0.39 is 9.84 Å². The molecule has 0 saturated heterocycles. The summed E-state index contributed by atoms with van der Waals surface area (Å²) >= 11 is 0. The molecule has 0 aliphatic carbocycles. The summed E-state index contributed by atoms with van der Waals surface area (Å²) in [5, 5.41) is 11.4. The third-order valence-electron chi connectivity index (χ3n) is 3.38. The summed E-state index contributed by atoms with van der Waals surface area (Å²) in [5.41, 5.74) is 3.64. The summed E-state index contributed by atoms with van der Waals surface area (Å²) in [6.45, 7) is 4.60. The zero-order valence-electron chi connectivity index (χ0n) is 13.7. The van der Waals surface area contributed by atoms with Crippen LogP contribution < -0.4 is 5.32 Å². The second-order valence-electron chi connectivity index (χ2n) is 5.48. The number of aromatic nitrogens is 3. The van der Waals surface area contributed by atoms with Crippen LogP contribution >= 0.6 is 0 Å². The third kappa shape index (κ3) is 5.28. The lowest BCUT2D eigenvalue weighted by atomic mass is 10.1. The Balaban J connectivity index is 2.07. The predicted octanol–water partition coefficient (Wildman–Crippen LogP) is 2.15.